The first kappa shape index (κ1) is 23.2. The van der Waals surface area contributed by atoms with E-state index in [0.717, 1.165) is 24.2 Å². The van der Waals surface area contributed by atoms with Gasteiger partial charge in [0.1, 0.15) is 0 Å². The quantitative estimate of drug-likeness (QED) is 0.204. The smallest absolute Gasteiger partial charge is 0.299 e. The maximum Gasteiger partial charge on any atom is 0.299 e. The Hall–Kier alpha value is -2.54. The van der Waals surface area contributed by atoms with Gasteiger partial charge in [0, 0.05) is 0 Å². The summed E-state index contributed by atoms with van der Waals surface area (Å²) in [6.45, 7) is 0. The first-order chi connectivity index (χ1) is 16.7. The summed E-state index contributed by atoms with van der Waals surface area (Å²) in [7, 11) is -7.92. The first-order valence-corrected chi connectivity index (χ1v) is 18.6. The maximum atomic E-state index is 13.2. The van der Waals surface area contributed by atoms with Gasteiger partial charge in [-0.3, -0.25) is 4.57 Å². The zero-order valence-electron chi connectivity index (χ0n) is 19.1. The van der Waals surface area contributed by atoms with Gasteiger partial charge in [-0.05, 0) is 46.4 Å². The predicted molar refractivity (Wildman–Crippen MR) is 143 cm³/mol. The second kappa shape index (κ2) is 10.4. The third kappa shape index (κ3) is 5.09. The Morgan fingerprint density at radius 1 is 0.441 bits per heavy atom. The average molecular weight is 501 g/mol. The van der Waals surface area contributed by atoms with Crippen LogP contribution in [0.4, 0.5) is 0 Å². The van der Waals surface area contributed by atoms with E-state index < -0.39 is 23.9 Å². The fraction of sp³-hybridized carbons (Fsp3) is 0.143. The molecule has 3 nitrogen and oxygen atoms in total. The molecule has 1 heterocycles. The van der Waals surface area contributed by atoms with E-state index in [1.54, 1.807) is 0 Å². The molecule has 6 heteroatoms. The van der Waals surface area contributed by atoms with Gasteiger partial charge in [0.15, 0.2) is 0 Å². The molecule has 0 aromatic heterocycles. The van der Waals surface area contributed by atoms with E-state index in [1.165, 1.54) is 22.3 Å². The molecule has 0 N–H and O–H groups in total. The Labute approximate surface area is 204 Å². The summed E-state index contributed by atoms with van der Waals surface area (Å²) in [4.78, 5) is 0. The summed E-state index contributed by atoms with van der Waals surface area (Å²) in [6, 6.07) is 45.4. The van der Waals surface area contributed by atoms with Crippen LogP contribution in [0.25, 0.3) is 0 Å². The van der Waals surface area contributed by atoms with Crippen LogP contribution in [0, 0.1) is 0 Å². The molecule has 1 aliphatic heterocycles. The highest BCUT2D eigenvalue weighted by molar-refractivity contribution is 7.54. The topological polar surface area (TPSA) is 35.5 Å². The summed E-state index contributed by atoms with van der Waals surface area (Å²) >= 11 is 0. The SMILES string of the molecule is O=[PH]1O[Si](Cc2ccccc2)(Cc2ccccc2)[Si](Cc2ccccc2)(Cc2ccccc2)O1. The average Bonchev–Trinajstić information content (AvgIpc) is 3.11. The van der Waals surface area contributed by atoms with E-state index in [-0.39, 0.29) is 0 Å². The Morgan fingerprint density at radius 3 is 0.912 bits per heavy atom. The lowest BCUT2D eigenvalue weighted by molar-refractivity contribution is 0.442. The molecular weight excluding hydrogens is 471 g/mol. The van der Waals surface area contributed by atoms with Gasteiger partial charge < -0.3 is 8.43 Å². The third-order valence-corrected chi connectivity index (χ3v) is 25.7. The highest BCUT2D eigenvalue weighted by Gasteiger charge is 2.65. The molecule has 0 saturated carbocycles. The molecule has 0 radical (unpaired) electrons. The van der Waals surface area contributed by atoms with E-state index in [9.17, 15) is 4.57 Å². The van der Waals surface area contributed by atoms with Crippen LogP contribution in [0.5, 0.6) is 0 Å². The molecule has 0 atom stereocenters. The van der Waals surface area contributed by atoms with Crippen molar-refractivity contribution in [3.8, 4) is 0 Å². The minimum Gasteiger partial charge on any atom is -0.353 e. The van der Waals surface area contributed by atoms with Gasteiger partial charge in [0.05, 0.1) is 0 Å². The van der Waals surface area contributed by atoms with Gasteiger partial charge in [-0.15, -0.1) is 0 Å². The predicted octanol–water partition coefficient (Wildman–Crippen LogP) is 6.52. The van der Waals surface area contributed by atoms with E-state index in [0.29, 0.717) is 0 Å². The van der Waals surface area contributed by atoms with Crippen molar-refractivity contribution in [1.82, 2.24) is 0 Å². The second-order valence-electron chi connectivity index (χ2n) is 9.09. The standard InChI is InChI=1S/C28H29O3PSi2/c29-32-30-33(21-25-13-5-1-6-14-25,22-26-15-7-2-8-16-26)34(31-32,23-27-17-9-3-10-18-27)24-28-19-11-4-12-20-28/h1-20,32H,21-24H2. The number of rotatable bonds is 8. The number of hydrogen-bond acceptors (Lipinski definition) is 3. The number of benzene rings is 4. The van der Waals surface area contributed by atoms with Gasteiger partial charge in [-0.1, -0.05) is 121 Å². The van der Waals surface area contributed by atoms with Crippen molar-refractivity contribution >= 4 is 23.9 Å². The van der Waals surface area contributed by atoms with Crippen LogP contribution in [0.1, 0.15) is 22.3 Å². The monoisotopic (exact) mass is 500 g/mol. The molecule has 4 aromatic rings. The van der Waals surface area contributed by atoms with Gasteiger partial charge in [-0.25, -0.2) is 0 Å². The van der Waals surface area contributed by atoms with Crippen LogP contribution in [0.2, 0.25) is 0 Å². The Kier molecular flexibility index (Phi) is 7.09. The zero-order valence-corrected chi connectivity index (χ0v) is 22.1. The van der Waals surface area contributed by atoms with E-state index in [4.69, 9.17) is 8.43 Å². The zero-order chi connectivity index (χ0) is 23.3. The summed E-state index contributed by atoms with van der Waals surface area (Å²) in [5.74, 6) is 0. The molecule has 1 aliphatic rings. The Bertz CT molecular complexity index is 1040. The Balaban J connectivity index is 1.66. The minimum atomic E-state index is -2.67. The van der Waals surface area contributed by atoms with Crippen LogP contribution in [-0.4, -0.2) is 15.7 Å². The highest BCUT2D eigenvalue weighted by Crippen LogP contribution is 2.51. The van der Waals surface area contributed by atoms with Crippen molar-refractivity contribution in [2.24, 2.45) is 0 Å². The summed E-state index contributed by atoms with van der Waals surface area (Å²) < 4.78 is 26.5. The molecule has 34 heavy (non-hydrogen) atoms. The molecule has 4 aromatic carbocycles. The van der Waals surface area contributed by atoms with Crippen LogP contribution in [-0.2, 0) is 37.2 Å². The molecule has 172 valence electrons. The van der Waals surface area contributed by atoms with Crippen LogP contribution in [0.15, 0.2) is 121 Å². The van der Waals surface area contributed by atoms with Gasteiger partial charge in [-0.2, -0.15) is 0 Å². The van der Waals surface area contributed by atoms with Crippen molar-refractivity contribution < 1.29 is 13.0 Å². The summed E-state index contributed by atoms with van der Waals surface area (Å²) in [5.41, 5.74) is 4.96. The van der Waals surface area contributed by atoms with Gasteiger partial charge in [0.2, 0.25) is 15.7 Å². The van der Waals surface area contributed by atoms with Crippen LogP contribution < -0.4 is 0 Å². The van der Waals surface area contributed by atoms with Gasteiger partial charge >= 0.3 is 0 Å². The normalized spacial score (nSPS) is 16.9. The number of hydrogen-bond donors (Lipinski definition) is 0. The summed E-state index contributed by atoms with van der Waals surface area (Å²) in [6.07, 6.45) is 0. The minimum absolute atomic E-state index is 0.811. The highest BCUT2D eigenvalue weighted by atomic mass is 31.1. The van der Waals surface area contributed by atoms with Crippen molar-refractivity contribution in [2.45, 2.75) is 24.2 Å². The van der Waals surface area contributed by atoms with Crippen molar-refractivity contribution in [1.29, 1.82) is 0 Å². The van der Waals surface area contributed by atoms with Crippen LogP contribution in [0.3, 0.4) is 0 Å². The van der Waals surface area contributed by atoms with E-state index >= 15 is 0 Å². The molecule has 0 bridgehead atoms. The second-order valence-corrected chi connectivity index (χ2v) is 22.1. The van der Waals surface area contributed by atoms with Crippen molar-refractivity contribution in [2.75, 3.05) is 0 Å². The van der Waals surface area contributed by atoms with Crippen LogP contribution >= 0.6 is 8.25 Å². The lowest BCUT2D eigenvalue weighted by atomic mass is 10.2. The fourth-order valence-corrected chi connectivity index (χ4v) is 27.2. The lowest BCUT2D eigenvalue weighted by Gasteiger charge is -2.39. The third-order valence-electron chi connectivity index (χ3n) is 6.72. The van der Waals surface area contributed by atoms with Gasteiger partial charge in [0.25, 0.3) is 8.25 Å². The molecule has 1 fully saturated rings. The fourth-order valence-electron chi connectivity index (χ4n) is 5.14. The van der Waals surface area contributed by atoms with Crippen molar-refractivity contribution in [3.63, 3.8) is 0 Å². The maximum absolute atomic E-state index is 13.2. The molecule has 0 aliphatic carbocycles. The molecular formula is C28H29O3PSi2. The molecule has 0 amide bonds. The van der Waals surface area contributed by atoms with Crippen molar-refractivity contribution in [3.05, 3.63) is 144 Å². The van der Waals surface area contributed by atoms with E-state index in [1.807, 2.05) is 24.3 Å². The first-order valence-electron chi connectivity index (χ1n) is 11.7. The summed E-state index contributed by atoms with van der Waals surface area (Å²) in [5, 5.41) is 0. The molecule has 5 rings (SSSR count). The van der Waals surface area contributed by atoms with E-state index in [2.05, 4.69) is 97.1 Å². The molecule has 0 unspecified atom stereocenters. The largest absolute Gasteiger partial charge is 0.353 e. The molecule has 0 spiro atoms. The molecule has 1 saturated heterocycles. The lowest BCUT2D eigenvalue weighted by Crippen LogP contribution is -2.68. The Morgan fingerprint density at radius 2 is 0.676 bits per heavy atom.